The molecule has 0 saturated heterocycles. The zero-order valence-corrected chi connectivity index (χ0v) is 16.7. The smallest absolute Gasteiger partial charge is 0.223 e. The Bertz CT molecular complexity index is 943. The second kappa shape index (κ2) is 8.75. The van der Waals surface area contributed by atoms with Crippen molar-refractivity contribution in [1.82, 2.24) is 25.0 Å². The number of benzene rings is 1. The number of fused-ring (bicyclic) bond motifs is 2. The minimum absolute atomic E-state index is 0. The molecule has 0 bridgehead atoms. The highest BCUT2D eigenvalue weighted by atomic mass is 35.5. The third-order valence-electron chi connectivity index (χ3n) is 5.01. The van der Waals surface area contributed by atoms with Gasteiger partial charge < -0.3 is 15.2 Å². The van der Waals surface area contributed by atoms with E-state index in [0.717, 1.165) is 48.3 Å². The van der Waals surface area contributed by atoms with Crippen LogP contribution in [-0.4, -0.2) is 39.2 Å². The molecule has 0 unspecified atom stereocenters. The number of carbonyl (C=O) groups is 1. The Morgan fingerprint density at radius 2 is 2.18 bits per heavy atom. The van der Waals surface area contributed by atoms with Crippen molar-refractivity contribution in [1.29, 1.82) is 0 Å². The van der Waals surface area contributed by atoms with Crippen molar-refractivity contribution in [3.63, 3.8) is 0 Å². The molecule has 6 nitrogen and oxygen atoms in total. The lowest BCUT2D eigenvalue weighted by Crippen LogP contribution is -2.26. The second-order valence-electron chi connectivity index (χ2n) is 7.16. The van der Waals surface area contributed by atoms with Gasteiger partial charge in [0.2, 0.25) is 5.91 Å². The van der Waals surface area contributed by atoms with E-state index < -0.39 is 0 Å². The maximum atomic E-state index is 13.3. The van der Waals surface area contributed by atoms with Gasteiger partial charge in [-0.2, -0.15) is 5.10 Å². The fourth-order valence-electron chi connectivity index (χ4n) is 3.56. The van der Waals surface area contributed by atoms with E-state index in [9.17, 15) is 9.18 Å². The highest BCUT2D eigenvalue weighted by Gasteiger charge is 2.14. The quantitative estimate of drug-likeness (QED) is 0.685. The molecule has 0 fully saturated rings. The van der Waals surface area contributed by atoms with E-state index in [2.05, 4.69) is 21.5 Å². The Kier molecular flexibility index (Phi) is 6.36. The van der Waals surface area contributed by atoms with Crippen LogP contribution in [0.3, 0.4) is 0 Å². The third kappa shape index (κ3) is 4.54. The molecule has 0 atom stereocenters. The van der Waals surface area contributed by atoms with Crippen molar-refractivity contribution in [2.45, 2.75) is 38.9 Å². The summed E-state index contributed by atoms with van der Waals surface area (Å²) in [6.07, 6.45) is 2.14. The molecule has 8 heteroatoms. The Balaban J connectivity index is 0.00000225. The van der Waals surface area contributed by atoms with Gasteiger partial charge in [0.15, 0.2) is 0 Å². The van der Waals surface area contributed by atoms with E-state index in [1.165, 1.54) is 17.8 Å². The summed E-state index contributed by atoms with van der Waals surface area (Å²) in [5, 5.41) is 8.82. The van der Waals surface area contributed by atoms with Gasteiger partial charge in [-0.15, -0.1) is 12.4 Å². The van der Waals surface area contributed by atoms with Gasteiger partial charge in [-0.25, -0.2) is 4.39 Å². The lowest BCUT2D eigenvalue weighted by molar-refractivity contribution is -0.130. The lowest BCUT2D eigenvalue weighted by Gasteiger charge is -2.16. The number of hydrogen-bond acceptors (Lipinski definition) is 3. The van der Waals surface area contributed by atoms with Crippen LogP contribution in [0.15, 0.2) is 30.3 Å². The molecular weight excluding hydrogens is 381 g/mol. The molecule has 0 radical (unpaired) electrons. The number of aromatic amines is 1. The van der Waals surface area contributed by atoms with Crippen molar-refractivity contribution in [2.75, 3.05) is 13.6 Å². The summed E-state index contributed by atoms with van der Waals surface area (Å²) in [6, 6.07) is 8.63. The average molecular weight is 406 g/mol. The highest BCUT2D eigenvalue weighted by molar-refractivity contribution is 5.85. The molecular formula is C20H25ClFN5O. The number of rotatable bonds is 5. The molecule has 2 aromatic heterocycles. The predicted octanol–water partition coefficient (Wildman–Crippen LogP) is 3.01. The van der Waals surface area contributed by atoms with Crippen LogP contribution in [0.5, 0.6) is 0 Å². The van der Waals surface area contributed by atoms with Crippen molar-refractivity contribution in [2.24, 2.45) is 0 Å². The van der Waals surface area contributed by atoms with Crippen molar-refractivity contribution >= 4 is 29.2 Å². The van der Waals surface area contributed by atoms with Crippen LogP contribution in [0.1, 0.15) is 29.9 Å². The normalized spacial score (nSPS) is 13.6. The maximum Gasteiger partial charge on any atom is 0.223 e. The summed E-state index contributed by atoms with van der Waals surface area (Å²) in [6.45, 7) is 3.25. The van der Waals surface area contributed by atoms with Crippen LogP contribution in [0, 0.1) is 5.82 Å². The van der Waals surface area contributed by atoms with E-state index >= 15 is 0 Å². The molecule has 2 N–H and O–H groups in total. The third-order valence-corrected chi connectivity index (χ3v) is 5.01. The fraction of sp³-hybridized carbons (Fsp3) is 0.400. The van der Waals surface area contributed by atoms with E-state index in [1.54, 1.807) is 18.0 Å². The van der Waals surface area contributed by atoms with Crippen molar-refractivity contribution in [3.05, 3.63) is 53.2 Å². The van der Waals surface area contributed by atoms with Gasteiger partial charge >= 0.3 is 0 Å². The Hall–Kier alpha value is -2.38. The first-order chi connectivity index (χ1) is 13.1. The summed E-state index contributed by atoms with van der Waals surface area (Å²) in [4.78, 5) is 17.4. The molecule has 1 amide bonds. The number of nitrogens with zero attached hydrogens (tertiary/aromatic N) is 3. The zero-order chi connectivity index (χ0) is 18.8. The molecule has 28 heavy (non-hydrogen) atoms. The molecule has 3 heterocycles. The molecule has 0 saturated carbocycles. The molecule has 150 valence electrons. The molecule has 1 aromatic carbocycles. The summed E-state index contributed by atoms with van der Waals surface area (Å²) in [7, 11) is 1.79. The van der Waals surface area contributed by atoms with Gasteiger partial charge in [0.1, 0.15) is 5.82 Å². The molecule has 1 aliphatic heterocycles. The number of H-pyrrole nitrogens is 1. The first kappa shape index (κ1) is 20.4. The van der Waals surface area contributed by atoms with Crippen LogP contribution in [-0.2, 0) is 30.8 Å². The molecule has 0 aliphatic carbocycles. The number of aromatic nitrogens is 3. The Labute approximate surface area is 169 Å². The summed E-state index contributed by atoms with van der Waals surface area (Å²) in [5.41, 5.74) is 3.93. The van der Waals surface area contributed by atoms with E-state index in [4.69, 9.17) is 0 Å². The van der Waals surface area contributed by atoms with Gasteiger partial charge in [-0.3, -0.25) is 9.48 Å². The van der Waals surface area contributed by atoms with Crippen molar-refractivity contribution in [3.8, 4) is 0 Å². The summed E-state index contributed by atoms with van der Waals surface area (Å²) < 4.78 is 15.4. The van der Waals surface area contributed by atoms with Crippen molar-refractivity contribution < 1.29 is 9.18 Å². The molecule has 4 rings (SSSR count). The first-order valence-electron chi connectivity index (χ1n) is 9.36. The highest BCUT2D eigenvalue weighted by Crippen LogP contribution is 2.18. The number of aryl methyl sites for hydroxylation is 2. The monoisotopic (exact) mass is 405 g/mol. The Morgan fingerprint density at radius 1 is 1.32 bits per heavy atom. The summed E-state index contributed by atoms with van der Waals surface area (Å²) >= 11 is 0. The number of hydrogen-bond donors (Lipinski definition) is 2. The number of halogens is 2. The van der Waals surface area contributed by atoms with E-state index in [-0.39, 0.29) is 24.1 Å². The Morgan fingerprint density at radius 3 is 3.04 bits per heavy atom. The van der Waals surface area contributed by atoms with Crippen LogP contribution in [0.2, 0.25) is 0 Å². The summed E-state index contributed by atoms with van der Waals surface area (Å²) in [5.74, 6) is -0.188. The number of amides is 1. The second-order valence-corrected chi connectivity index (χ2v) is 7.16. The SMILES string of the molecule is CN(Cc1cc2cc(F)ccc2[nH]1)C(=O)CCc1cc2n(n1)CCCNC2.Cl. The van der Waals surface area contributed by atoms with Gasteiger partial charge in [0.25, 0.3) is 0 Å². The topological polar surface area (TPSA) is 66.0 Å². The predicted molar refractivity (Wildman–Crippen MR) is 109 cm³/mol. The average Bonchev–Trinajstić information content (AvgIpc) is 3.15. The van der Waals surface area contributed by atoms with Gasteiger partial charge in [-0.1, -0.05) is 0 Å². The van der Waals surface area contributed by atoms with Crippen LogP contribution in [0.4, 0.5) is 4.39 Å². The standard InChI is InChI=1S/C20H24FN5O.ClH/c1-25(13-17-10-14-9-15(21)3-5-19(14)23-17)20(27)6-4-16-11-18-12-22-7-2-8-26(18)24-16;/h3,5,9-11,22-23H,2,4,6-8,12-13H2,1H3;1H. The van der Waals surface area contributed by atoms with E-state index in [1.807, 2.05) is 10.7 Å². The minimum atomic E-state index is -0.258. The number of carbonyl (C=O) groups excluding carboxylic acids is 1. The van der Waals surface area contributed by atoms with Crippen LogP contribution >= 0.6 is 12.4 Å². The maximum absolute atomic E-state index is 13.3. The van der Waals surface area contributed by atoms with Gasteiger partial charge in [0, 0.05) is 49.6 Å². The van der Waals surface area contributed by atoms with E-state index in [0.29, 0.717) is 19.4 Å². The fourth-order valence-corrected chi connectivity index (χ4v) is 3.56. The molecule has 1 aliphatic rings. The zero-order valence-electron chi connectivity index (χ0n) is 15.9. The lowest BCUT2D eigenvalue weighted by atomic mass is 10.2. The van der Waals surface area contributed by atoms with Gasteiger partial charge in [-0.05, 0) is 43.3 Å². The minimum Gasteiger partial charge on any atom is -0.357 e. The molecule has 3 aromatic rings. The van der Waals surface area contributed by atoms with Gasteiger partial charge in [0.05, 0.1) is 17.9 Å². The number of nitrogens with one attached hydrogen (secondary N) is 2. The van der Waals surface area contributed by atoms with Crippen LogP contribution < -0.4 is 5.32 Å². The largest absolute Gasteiger partial charge is 0.357 e. The first-order valence-corrected chi connectivity index (χ1v) is 9.36. The van der Waals surface area contributed by atoms with Crippen LogP contribution in [0.25, 0.3) is 10.9 Å². The molecule has 0 spiro atoms.